The Kier molecular flexibility index (Phi) is 5.08. The van der Waals surface area contributed by atoms with Crippen molar-refractivity contribution in [1.29, 1.82) is 0 Å². The van der Waals surface area contributed by atoms with Gasteiger partial charge in [-0.15, -0.1) is 0 Å². The lowest BCUT2D eigenvalue weighted by Crippen LogP contribution is -2.41. The highest BCUT2D eigenvalue weighted by Crippen LogP contribution is 2.57. The van der Waals surface area contributed by atoms with Crippen LogP contribution in [0, 0.1) is 0 Å². The van der Waals surface area contributed by atoms with Crippen LogP contribution in [0.5, 0.6) is 0 Å². The predicted octanol–water partition coefficient (Wildman–Crippen LogP) is 8.25. The summed E-state index contributed by atoms with van der Waals surface area (Å²) in [6, 6.07) is 41.4. The third-order valence-corrected chi connectivity index (χ3v) is 9.61. The molecule has 5 aromatic carbocycles. The number of hydrogen-bond acceptors (Lipinski definition) is 3. The van der Waals surface area contributed by atoms with Crippen molar-refractivity contribution in [3.8, 4) is 11.1 Å². The smallest absolute Gasteiger partial charge is 0.456 e. The topological polar surface area (TPSA) is 31.6 Å². The van der Waals surface area contributed by atoms with Crippen LogP contribution >= 0.6 is 0 Å². The van der Waals surface area contributed by atoms with Crippen molar-refractivity contribution in [1.82, 2.24) is 0 Å². The molecule has 0 bridgehead atoms. The van der Waals surface area contributed by atoms with Crippen molar-refractivity contribution in [2.75, 3.05) is 0 Å². The minimum Gasteiger partial charge on any atom is -0.456 e. The Morgan fingerprint density at radius 1 is 0.537 bits per heavy atom. The van der Waals surface area contributed by atoms with Crippen molar-refractivity contribution < 1.29 is 13.7 Å². The monoisotopic (exact) mass is 534 g/mol. The Labute approximate surface area is 240 Å². The second kappa shape index (κ2) is 8.45. The zero-order valence-corrected chi connectivity index (χ0v) is 23.8. The van der Waals surface area contributed by atoms with Gasteiger partial charge in [0.2, 0.25) is 0 Å². The van der Waals surface area contributed by atoms with E-state index in [-0.39, 0.29) is 0 Å². The fourth-order valence-electron chi connectivity index (χ4n) is 6.91. The fraction of sp³-hybridized carbons (Fsp3) is 0.189. The molecule has 1 aliphatic carbocycles. The van der Waals surface area contributed by atoms with Crippen molar-refractivity contribution in [2.24, 2.45) is 0 Å². The first-order chi connectivity index (χ1) is 19.8. The minimum atomic E-state index is -0.496. The third-order valence-electron chi connectivity index (χ3n) is 9.61. The molecule has 0 N–H and O–H groups in total. The second-order valence-corrected chi connectivity index (χ2v) is 12.3. The van der Waals surface area contributed by atoms with Crippen LogP contribution in [0.1, 0.15) is 49.9 Å². The highest BCUT2D eigenvalue weighted by molar-refractivity contribution is 6.65. The Morgan fingerprint density at radius 3 is 1.80 bits per heavy atom. The zero-order valence-electron chi connectivity index (χ0n) is 23.8. The Morgan fingerprint density at radius 2 is 1.15 bits per heavy atom. The number of rotatable bonds is 3. The van der Waals surface area contributed by atoms with Crippen LogP contribution in [0.25, 0.3) is 33.1 Å². The predicted molar refractivity (Wildman–Crippen MR) is 167 cm³/mol. The van der Waals surface area contributed by atoms with Crippen LogP contribution in [0.4, 0.5) is 0 Å². The van der Waals surface area contributed by atoms with Gasteiger partial charge >= 0.3 is 7.12 Å². The molecule has 8 rings (SSSR count). The van der Waals surface area contributed by atoms with Crippen LogP contribution in [-0.4, -0.2) is 18.3 Å². The first-order valence-corrected chi connectivity index (χ1v) is 14.4. The molecule has 200 valence electrons. The molecule has 1 aliphatic heterocycles. The average molecular weight is 534 g/mol. The molecule has 0 spiro atoms. The van der Waals surface area contributed by atoms with E-state index in [1.807, 2.05) is 0 Å². The highest BCUT2D eigenvalue weighted by atomic mass is 16.7. The summed E-state index contributed by atoms with van der Waals surface area (Å²) in [7, 11) is -0.496. The van der Waals surface area contributed by atoms with Crippen molar-refractivity contribution in [2.45, 2.75) is 44.3 Å². The number of para-hydroxylation sites is 1. The number of furan rings is 1. The Bertz CT molecular complexity index is 1900. The summed E-state index contributed by atoms with van der Waals surface area (Å²) in [5.74, 6) is 0. The summed E-state index contributed by atoms with van der Waals surface area (Å²) in [6.07, 6.45) is 0. The fourth-order valence-corrected chi connectivity index (χ4v) is 6.91. The number of benzene rings is 5. The number of fused-ring (bicyclic) bond motifs is 6. The lowest BCUT2D eigenvalue weighted by Gasteiger charge is -2.33. The molecule has 0 unspecified atom stereocenters. The molecule has 1 fully saturated rings. The summed E-state index contributed by atoms with van der Waals surface area (Å²) in [5.41, 5.74) is 8.81. The van der Waals surface area contributed by atoms with Gasteiger partial charge in [-0.1, -0.05) is 103 Å². The van der Waals surface area contributed by atoms with E-state index in [9.17, 15) is 0 Å². The Balaban J connectivity index is 1.43. The molecular weight excluding hydrogens is 503 g/mol. The first-order valence-electron chi connectivity index (χ1n) is 14.4. The molecule has 0 radical (unpaired) electrons. The second-order valence-electron chi connectivity index (χ2n) is 12.3. The van der Waals surface area contributed by atoms with Crippen LogP contribution in [0.3, 0.4) is 0 Å². The van der Waals surface area contributed by atoms with E-state index in [1.54, 1.807) is 0 Å². The molecule has 2 aliphatic rings. The lowest BCUT2D eigenvalue weighted by molar-refractivity contribution is 0.00578. The zero-order chi connectivity index (χ0) is 28.0. The first kappa shape index (κ1) is 24.7. The Hall–Kier alpha value is -4.12. The number of hydrogen-bond donors (Lipinski definition) is 0. The molecule has 2 heterocycles. The SMILES string of the molecule is CC1(C)OB(c2cccc3c2oc2cc4c(cc23)-c2ccccc2C4(c2ccccc2)c2ccccc2)OC1(C)C. The largest absolute Gasteiger partial charge is 0.498 e. The maximum absolute atomic E-state index is 6.76. The molecular formula is C37H31BO3. The third kappa shape index (κ3) is 3.29. The van der Waals surface area contributed by atoms with Gasteiger partial charge in [0.25, 0.3) is 0 Å². The molecule has 41 heavy (non-hydrogen) atoms. The van der Waals surface area contributed by atoms with Crippen LogP contribution in [0.2, 0.25) is 0 Å². The van der Waals surface area contributed by atoms with Crippen molar-refractivity contribution in [3.05, 3.63) is 138 Å². The molecule has 3 nitrogen and oxygen atoms in total. The molecule has 6 aromatic rings. The standard InChI is InChI=1S/C37H31BO3/c1-35(2)36(3,4)41-38(40-35)32-21-13-19-27-29-22-28-26-18-11-12-20-30(26)37(24-14-7-5-8-15-24,25-16-9-6-10-17-25)31(28)23-33(29)39-34(27)32/h5-23H,1-4H3. The molecule has 0 amide bonds. The van der Waals surface area contributed by atoms with Gasteiger partial charge in [-0.25, -0.2) is 0 Å². The molecule has 0 saturated carbocycles. The summed E-state index contributed by atoms with van der Waals surface area (Å²) in [5, 5.41) is 2.17. The lowest BCUT2D eigenvalue weighted by atomic mass is 9.67. The van der Waals surface area contributed by atoms with Gasteiger partial charge in [-0.2, -0.15) is 0 Å². The molecule has 1 aromatic heterocycles. The van der Waals surface area contributed by atoms with Gasteiger partial charge in [0.15, 0.2) is 0 Å². The van der Waals surface area contributed by atoms with Crippen LogP contribution in [-0.2, 0) is 14.7 Å². The normalized spacial score (nSPS) is 18.1. The van der Waals surface area contributed by atoms with Crippen molar-refractivity contribution in [3.63, 3.8) is 0 Å². The summed E-state index contributed by atoms with van der Waals surface area (Å²) < 4.78 is 19.7. The van der Waals surface area contributed by atoms with E-state index < -0.39 is 23.7 Å². The molecule has 0 atom stereocenters. The van der Waals surface area contributed by atoms with Gasteiger partial charge in [-0.3, -0.25) is 0 Å². The maximum atomic E-state index is 6.76. The highest BCUT2D eigenvalue weighted by Gasteiger charge is 2.52. The van der Waals surface area contributed by atoms with Crippen LogP contribution in [0.15, 0.2) is 120 Å². The van der Waals surface area contributed by atoms with Gasteiger partial charge in [0, 0.05) is 16.2 Å². The summed E-state index contributed by atoms with van der Waals surface area (Å²) in [4.78, 5) is 0. The van der Waals surface area contributed by atoms with E-state index in [4.69, 9.17) is 13.7 Å². The minimum absolute atomic E-state index is 0.429. The van der Waals surface area contributed by atoms with Gasteiger partial charge in [0.05, 0.1) is 16.6 Å². The van der Waals surface area contributed by atoms with E-state index in [0.29, 0.717) is 0 Å². The van der Waals surface area contributed by atoms with E-state index in [1.165, 1.54) is 33.4 Å². The quantitative estimate of drug-likeness (QED) is 0.214. The average Bonchev–Trinajstić information content (AvgIpc) is 3.57. The van der Waals surface area contributed by atoms with E-state index in [2.05, 4.69) is 143 Å². The van der Waals surface area contributed by atoms with Gasteiger partial charge < -0.3 is 13.7 Å². The van der Waals surface area contributed by atoms with Gasteiger partial charge in [0.1, 0.15) is 11.2 Å². The summed E-state index contributed by atoms with van der Waals surface area (Å²) >= 11 is 0. The summed E-state index contributed by atoms with van der Waals surface area (Å²) in [6.45, 7) is 8.34. The van der Waals surface area contributed by atoms with Crippen LogP contribution < -0.4 is 5.46 Å². The molecule has 1 saturated heterocycles. The molecule has 4 heteroatoms. The maximum Gasteiger partial charge on any atom is 0.498 e. The van der Waals surface area contributed by atoms with Crippen molar-refractivity contribution >= 4 is 34.5 Å². The van der Waals surface area contributed by atoms with Gasteiger partial charge in [-0.05, 0) is 73.2 Å². The van der Waals surface area contributed by atoms with E-state index in [0.717, 1.165) is 27.4 Å². The van der Waals surface area contributed by atoms with E-state index >= 15 is 0 Å².